The van der Waals surface area contributed by atoms with Gasteiger partial charge in [0.15, 0.2) is 0 Å². The molecule has 0 radical (unpaired) electrons. The molecule has 0 amide bonds. The number of allylic oxidation sites excluding steroid dienone is 1. The highest BCUT2D eigenvalue weighted by molar-refractivity contribution is 6.15. The quantitative estimate of drug-likeness (QED) is 0.766. The molecular weight excluding hydrogens is 393 g/mol. The van der Waals surface area contributed by atoms with Gasteiger partial charge in [-0.1, -0.05) is 6.07 Å². The molecule has 2 aliphatic heterocycles. The maximum absolute atomic E-state index is 5.73. The molecule has 4 rings (SSSR count). The van der Waals surface area contributed by atoms with Gasteiger partial charge in [0.2, 0.25) is 0 Å². The standard InChI is InChI=1S/C19H19N3O.3ClH/c1-4-16(13-20-7-1)19-15(3-2-8-22-19)11-14-5-6-17-18(12-14)23-10-9-21-17;;;/h1,4-7,11-13,21H,2-3,8-10H2;3*1H. The summed E-state index contributed by atoms with van der Waals surface area (Å²) in [5, 5.41) is 3.35. The molecule has 0 unspecified atom stereocenters. The Hall–Kier alpha value is -1.75. The Morgan fingerprint density at radius 1 is 1.12 bits per heavy atom. The number of benzene rings is 1. The summed E-state index contributed by atoms with van der Waals surface area (Å²) in [6.45, 7) is 2.47. The Morgan fingerprint density at radius 3 is 2.81 bits per heavy atom. The predicted octanol–water partition coefficient (Wildman–Crippen LogP) is 4.82. The van der Waals surface area contributed by atoms with Crippen molar-refractivity contribution in [3.63, 3.8) is 0 Å². The van der Waals surface area contributed by atoms with Crippen molar-refractivity contribution in [1.82, 2.24) is 4.98 Å². The number of nitrogens with one attached hydrogen (secondary N) is 1. The van der Waals surface area contributed by atoms with Crippen LogP contribution in [0.5, 0.6) is 5.75 Å². The van der Waals surface area contributed by atoms with E-state index in [9.17, 15) is 0 Å². The van der Waals surface area contributed by atoms with Crippen molar-refractivity contribution in [3.8, 4) is 5.75 Å². The van der Waals surface area contributed by atoms with E-state index in [0.717, 1.165) is 60.8 Å². The van der Waals surface area contributed by atoms with Crippen LogP contribution in [-0.4, -0.2) is 30.4 Å². The first kappa shape index (κ1) is 22.3. The maximum Gasteiger partial charge on any atom is 0.143 e. The fourth-order valence-electron chi connectivity index (χ4n) is 3.04. The van der Waals surface area contributed by atoms with E-state index in [2.05, 4.69) is 40.6 Å². The van der Waals surface area contributed by atoms with Crippen LogP contribution >= 0.6 is 37.2 Å². The van der Waals surface area contributed by atoms with E-state index in [-0.39, 0.29) is 37.2 Å². The summed E-state index contributed by atoms with van der Waals surface area (Å²) < 4.78 is 5.73. The number of halogens is 3. The van der Waals surface area contributed by atoms with Gasteiger partial charge in [0, 0.05) is 31.0 Å². The summed E-state index contributed by atoms with van der Waals surface area (Å²) in [5.74, 6) is 0.932. The molecule has 0 fully saturated rings. The molecule has 0 aliphatic carbocycles. The van der Waals surface area contributed by atoms with Gasteiger partial charge in [0.1, 0.15) is 12.4 Å². The van der Waals surface area contributed by atoms with E-state index in [0.29, 0.717) is 0 Å². The number of aromatic nitrogens is 1. The summed E-state index contributed by atoms with van der Waals surface area (Å²) in [5.41, 5.74) is 5.66. The second-order valence-corrected chi connectivity index (χ2v) is 5.78. The van der Waals surface area contributed by atoms with Gasteiger partial charge in [-0.25, -0.2) is 0 Å². The molecule has 2 aliphatic rings. The minimum absolute atomic E-state index is 0. The van der Waals surface area contributed by atoms with Crippen molar-refractivity contribution < 1.29 is 4.74 Å². The third-order valence-corrected chi connectivity index (χ3v) is 4.13. The van der Waals surface area contributed by atoms with Crippen molar-refractivity contribution >= 4 is 54.7 Å². The van der Waals surface area contributed by atoms with E-state index < -0.39 is 0 Å². The molecule has 1 aromatic heterocycles. The summed E-state index contributed by atoms with van der Waals surface area (Å²) >= 11 is 0. The number of hydrogen-bond acceptors (Lipinski definition) is 4. The molecular formula is C19H22Cl3N3O. The molecule has 7 heteroatoms. The molecule has 0 bridgehead atoms. The summed E-state index contributed by atoms with van der Waals surface area (Å²) in [6.07, 6.45) is 8.05. The second-order valence-electron chi connectivity index (χ2n) is 5.78. The lowest BCUT2D eigenvalue weighted by molar-refractivity contribution is 0.323. The van der Waals surface area contributed by atoms with Gasteiger partial charge < -0.3 is 10.1 Å². The first-order chi connectivity index (χ1) is 11.4. The lowest BCUT2D eigenvalue weighted by atomic mass is 9.95. The van der Waals surface area contributed by atoms with E-state index in [4.69, 9.17) is 9.73 Å². The van der Waals surface area contributed by atoms with Crippen molar-refractivity contribution in [2.75, 3.05) is 25.0 Å². The van der Waals surface area contributed by atoms with E-state index in [1.165, 1.54) is 5.57 Å². The van der Waals surface area contributed by atoms with Gasteiger partial charge in [0.05, 0.1) is 11.4 Å². The number of fused-ring (bicyclic) bond motifs is 1. The smallest absolute Gasteiger partial charge is 0.143 e. The molecule has 2 aromatic rings. The molecule has 3 heterocycles. The van der Waals surface area contributed by atoms with Gasteiger partial charge in [-0.05, 0) is 54.3 Å². The monoisotopic (exact) mass is 413 g/mol. The van der Waals surface area contributed by atoms with Crippen LogP contribution in [0.25, 0.3) is 6.08 Å². The summed E-state index contributed by atoms with van der Waals surface area (Å²) in [4.78, 5) is 8.95. The number of hydrogen-bond donors (Lipinski definition) is 1. The topological polar surface area (TPSA) is 46.5 Å². The molecule has 0 spiro atoms. The fraction of sp³-hybridized carbons (Fsp3) is 0.263. The van der Waals surface area contributed by atoms with Crippen molar-refractivity contribution in [1.29, 1.82) is 0 Å². The highest BCUT2D eigenvalue weighted by atomic mass is 35.5. The predicted molar refractivity (Wildman–Crippen MR) is 115 cm³/mol. The molecule has 0 saturated heterocycles. The molecule has 0 saturated carbocycles. The van der Waals surface area contributed by atoms with Crippen LogP contribution < -0.4 is 10.1 Å². The lowest BCUT2D eigenvalue weighted by Gasteiger charge is -2.20. The zero-order chi connectivity index (χ0) is 15.5. The molecule has 4 nitrogen and oxygen atoms in total. The van der Waals surface area contributed by atoms with Crippen LogP contribution in [0.1, 0.15) is 24.0 Å². The van der Waals surface area contributed by atoms with Crippen LogP contribution in [0, 0.1) is 0 Å². The molecule has 0 atom stereocenters. The highest BCUT2D eigenvalue weighted by Gasteiger charge is 2.15. The average Bonchev–Trinajstić information content (AvgIpc) is 2.63. The van der Waals surface area contributed by atoms with Crippen molar-refractivity contribution in [2.45, 2.75) is 12.8 Å². The van der Waals surface area contributed by atoms with Crippen LogP contribution in [0.2, 0.25) is 0 Å². The summed E-state index contributed by atoms with van der Waals surface area (Å²) in [6, 6.07) is 10.4. The Morgan fingerprint density at radius 2 is 2.00 bits per heavy atom. The maximum atomic E-state index is 5.73. The van der Waals surface area contributed by atoms with Gasteiger partial charge in [-0.2, -0.15) is 0 Å². The van der Waals surface area contributed by atoms with Crippen LogP contribution in [0.3, 0.4) is 0 Å². The van der Waals surface area contributed by atoms with Crippen LogP contribution in [0.15, 0.2) is 53.3 Å². The van der Waals surface area contributed by atoms with E-state index in [1.54, 1.807) is 6.20 Å². The lowest BCUT2D eigenvalue weighted by Crippen LogP contribution is -2.17. The van der Waals surface area contributed by atoms with Crippen LogP contribution in [0.4, 0.5) is 5.69 Å². The number of nitrogens with zero attached hydrogens (tertiary/aromatic N) is 2. The Labute approximate surface area is 172 Å². The third-order valence-electron chi connectivity index (χ3n) is 4.13. The number of aliphatic imine (C=N–C) groups is 1. The Kier molecular flexibility index (Phi) is 8.93. The first-order valence-electron chi connectivity index (χ1n) is 8.07. The number of ether oxygens (including phenoxy) is 1. The average molecular weight is 415 g/mol. The largest absolute Gasteiger partial charge is 0.490 e. The van der Waals surface area contributed by atoms with Gasteiger partial charge in [-0.15, -0.1) is 37.2 Å². The normalized spacial score (nSPS) is 16.5. The molecule has 1 aromatic carbocycles. The summed E-state index contributed by atoms with van der Waals surface area (Å²) in [7, 11) is 0. The minimum atomic E-state index is 0. The zero-order valence-corrected chi connectivity index (χ0v) is 16.6. The number of anilines is 1. The zero-order valence-electron chi connectivity index (χ0n) is 14.2. The van der Waals surface area contributed by atoms with Gasteiger partial charge in [0.25, 0.3) is 0 Å². The minimum Gasteiger partial charge on any atom is -0.490 e. The highest BCUT2D eigenvalue weighted by Crippen LogP contribution is 2.30. The molecule has 140 valence electrons. The van der Waals surface area contributed by atoms with Crippen LogP contribution in [-0.2, 0) is 0 Å². The van der Waals surface area contributed by atoms with Gasteiger partial charge in [-0.3, -0.25) is 9.98 Å². The third kappa shape index (κ3) is 4.91. The van der Waals surface area contributed by atoms with E-state index in [1.807, 2.05) is 12.3 Å². The van der Waals surface area contributed by atoms with E-state index >= 15 is 0 Å². The number of rotatable bonds is 2. The van der Waals surface area contributed by atoms with Crippen molar-refractivity contribution in [2.24, 2.45) is 4.99 Å². The first-order valence-corrected chi connectivity index (χ1v) is 8.07. The molecule has 1 N–H and O–H groups in total. The second kappa shape index (κ2) is 10.4. The fourth-order valence-corrected chi connectivity index (χ4v) is 3.04. The Bertz CT molecular complexity index is 779. The Balaban J connectivity index is 0.00000113. The SMILES string of the molecule is C(=C1CCCN=C1c1cccnc1)c1ccc2c(c1)OCCN2.Cl.Cl.Cl. The van der Waals surface area contributed by atoms with Crippen molar-refractivity contribution in [3.05, 3.63) is 59.4 Å². The van der Waals surface area contributed by atoms with Gasteiger partial charge >= 0.3 is 0 Å². The number of pyridine rings is 1. The molecule has 26 heavy (non-hydrogen) atoms.